The van der Waals surface area contributed by atoms with Gasteiger partial charge in [0.2, 0.25) is 0 Å². The van der Waals surface area contributed by atoms with Crippen LogP contribution in [-0.4, -0.2) is 53.1 Å². The summed E-state index contributed by atoms with van der Waals surface area (Å²) >= 11 is 0. The van der Waals surface area contributed by atoms with Crippen LogP contribution < -0.4 is 0 Å². The van der Waals surface area contributed by atoms with Gasteiger partial charge in [-0.15, -0.1) is 0 Å². The summed E-state index contributed by atoms with van der Waals surface area (Å²) in [6.07, 6.45) is 6.66. The van der Waals surface area contributed by atoms with Crippen LogP contribution in [0, 0.1) is 0 Å². The Hall–Kier alpha value is -1.03. The number of carbonyl (C=O) groups is 1. The van der Waals surface area contributed by atoms with E-state index in [1.165, 1.54) is 18.9 Å². The lowest BCUT2D eigenvalue weighted by Crippen LogP contribution is -2.34. The third-order valence-electron chi connectivity index (χ3n) is 3.61. The summed E-state index contributed by atoms with van der Waals surface area (Å²) in [5, 5.41) is 8.57. The van der Waals surface area contributed by atoms with Gasteiger partial charge in [0.1, 0.15) is 0 Å². The predicted octanol–water partition coefficient (Wildman–Crippen LogP) is 0.753. The minimum absolute atomic E-state index is 0.607. The average Bonchev–Trinajstić information content (AvgIpc) is 2.40. The lowest BCUT2D eigenvalue weighted by atomic mass is 10.1. The zero-order chi connectivity index (χ0) is 10.8. The van der Waals surface area contributed by atoms with E-state index in [1.54, 1.807) is 6.20 Å². The normalized spacial score (nSPS) is 32.2. The van der Waals surface area contributed by atoms with Crippen molar-refractivity contribution in [2.24, 2.45) is 0 Å². The molecule has 0 radical (unpaired) electrons. The van der Waals surface area contributed by atoms with E-state index in [-0.39, 0.29) is 0 Å². The molecular formula is C11H18N2O2. The second-order valence-electron chi connectivity index (χ2n) is 4.49. The Morgan fingerprint density at radius 1 is 1.33 bits per heavy atom. The van der Waals surface area contributed by atoms with Gasteiger partial charge in [-0.05, 0) is 26.3 Å². The van der Waals surface area contributed by atoms with E-state index < -0.39 is 5.97 Å². The quantitative estimate of drug-likeness (QED) is 0.683. The van der Waals surface area contributed by atoms with Crippen LogP contribution in [0.4, 0.5) is 0 Å². The molecule has 2 heterocycles. The average molecular weight is 210 g/mol. The van der Waals surface area contributed by atoms with Gasteiger partial charge in [-0.1, -0.05) is 0 Å². The number of rotatable bonds is 2. The molecule has 0 aromatic heterocycles. The molecule has 2 atom stereocenters. The molecule has 2 fully saturated rings. The van der Waals surface area contributed by atoms with Gasteiger partial charge in [-0.25, -0.2) is 4.79 Å². The fraction of sp³-hybridized carbons (Fsp3) is 0.727. The molecule has 2 bridgehead atoms. The Morgan fingerprint density at radius 2 is 2.07 bits per heavy atom. The maximum atomic E-state index is 10.4. The van der Waals surface area contributed by atoms with Crippen LogP contribution in [0.15, 0.2) is 12.3 Å². The van der Waals surface area contributed by atoms with Crippen LogP contribution >= 0.6 is 0 Å². The number of carboxylic acid groups (broad SMARTS) is 1. The predicted molar refractivity (Wildman–Crippen MR) is 57.5 cm³/mol. The molecule has 84 valence electrons. The largest absolute Gasteiger partial charge is 0.478 e. The second kappa shape index (κ2) is 4.23. The fourth-order valence-corrected chi connectivity index (χ4v) is 2.64. The first kappa shape index (κ1) is 10.5. The minimum Gasteiger partial charge on any atom is -0.478 e. The summed E-state index contributed by atoms with van der Waals surface area (Å²) in [5.41, 5.74) is 0. The van der Waals surface area contributed by atoms with E-state index in [2.05, 4.69) is 16.8 Å². The van der Waals surface area contributed by atoms with E-state index >= 15 is 0 Å². The number of likely N-dealkylation sites (N-methyl/N-ethyl adjacent to an activating group) is 1. The van der Waals surface area contributed by atoms with Crippen LogP contribution in [0.25, 0.3) is 0 Å². The van der Waals surface area contributed by atoms with Gasteiger partial charge in [0.05, 0.1) is 0 Å². The van der Waals surface area contributed by atoms with E-state index in [1.807, 2.05) is 0 Å². The van der Waals surface area contributed by atoms with E-state index in [4.69, 9.17) is 5.11 Å². The Bertz CT molecular complexity index is 278. The van der Waals surface area contributed by atoms with Crippen LogP contribution in [0.3, 0.4) is 0 Å². The number of hydrogen-bond donors (Lipinski definition) is 1. The highest BCUT2D eigenvalue weighted by molar-refractivity contribution is 5.79. The highest BCUT2D eigenvalue weighted by Crippen LogP contribution is 2.28. The van der Waals surface area contributed by atoms with E-state index in [9.17, 15) is 4.79 Å². The van der Waals surface area contributed by atoms with Crippen LogP contribution in [0.5, 0.6) is 0 Å². The Morgan fingerprint density at radius 3 is 2.80 bits per heavy atom. The molecule has 2 unspecified atom stereocenters. The molecule has 15 heavy (non-hydrogen) atoms. The van der Waals surface area contributed by atoms with Crippen molar-refractivity contribution in [3.8, 4) is 0 Å². The molecular weight excluding hydrogens is 192 g/mol. The van der Waals surface area contributed by atoms with Crippen molar-refractivity contribution in [1.82, 2.24) is 9.80 Å². The number of aliphatic carboxylic acids is 1. The Balaban J connectivity index is 1.97. The van der Waals surface area contributed by atoms with Gasteiger partial charge in [-0.2, -0.15) is 0 Å². The lowest BCUT2D eigenvalue weighted by molar-refractivity contribution is -0.131. The minimum atomic E-state index is -0.863. The molecule has 2 rings (SSSR count). The molecule has 0 amide bonds. The zero-order valence-corrected chi connectivity index (χ0v) is 9.09. The first-order valence-corrected chi connectivity index (χ1v) is 5.54. The van der Waals surface area contributed by atoms with E-state index in [0.717, 1.165) is 19.5 Å². The number of fused-ring (bicyclic) bond motifs is 2. The lowest BCUT2D eigenvalue weighted by Gasteiger charge is -2.24. The van der Waals surface area contributed by atoms with Crippen molar-refractivity contribution in [3.05, 3.63) is 12.3 Å². The topological polar surface area (TPSA) is 43.8 Å². The third-order valence-corrected chi connectivity index (χ3v) is 3.61. The molecule has 4 heteroatoms. The molecule has 0 spiro atoms. The molecule has 0 aliphatic carbocycles. The second-order valence-corrected chi connectivity index (χ2v) is 4.49. The maximum Gasteiger partial charge on any atom is 0.329 e. The van der Waals surface area contributed by atoms with Crippen molar-refractivity contribution in [3.63, 3.8) is 0 Å². The molecule has 2 aliphatic heterocycles. The molecule has 0 saturated carbocycles. The number of carboxylic acids is 1. The highest BCUT2D eigenvalue weighted by atomic mass is 16.4. The smallest absolute Gasteiger partial charge is 0.329 e. The molecule has 0 aromatic carbocycles. The van der Waals surface area contributed by atoms with Crippen molar-refractivity contribution in [2.75, 3.05) is 20.1 Å². The first-order chi connectivity index (χ1) is 7.16. The van der Waals surface area contributed by atoms with Crippen molar-refractivity contribution >= 4 is 5.97 Å². The van der Waals surface area contributed by atoms with Crippen molar-refractivity contribution < 1.29 is 9.90 Å². The summed E-state index contributed by atoms with van der Waals surface area (Å²) in [5.74, 6) is -0.863. The van der Waals surface area contributed by atoms with E-state index in [0.29, 0.717) is 12.1 Å². The standard InChI is InChI=1S/C11H18N2O2/c1-12-9-2-3-10(12)8-13(6-4-9)7-5-11(14)15/h5,7,9-10H,2-4,6,8H2,1H3,(H,14,15). The summed E-state index contributed by atoms with van der Waals surface area (Å²) in [6.45, 7) is 1.95. The Kier molecular flexibility index (Phi) is 2.95. The summed E-state index contributed by atoms with van der Waals surface area (Å²) < 4.78 is 0. The van der Waals surface area contributed by atoms with Crippen molar-refractivity contribution in [1.29, 1.82) is 0 Å². The first-order valence-electron chi connectivity index (χ1n) is 5.54. The third kappa shape index (κ3) is 2.31. The summed E-state index contributed by atoms with van der Waals surface area (Å²) in [6, 6.07) is 1.31. The molecule has 0 aromatic rings. The molecule has 4 nitrogen and oxygen atoms in total. The molecule has 1 N–H and O–H groups in total. The summed E-state index contributed by atoms with van der Waals surface area (Å²) in [7, 11) is 2.19. The van der Waals surface area contributed by atoms with Gasteiger partial charge >= 0.3 is 5.97 Å². The fourth-order valence-electron chi connectivity index (χ4n) is 2.64. The van der Waals surface area contributed by atoms with Crippen molar-refractivity contribution in [2.45, 2.75) is 31.3 Å². The van der Waals surface area contributed by atoms with Crippen LogP contribution in [0.1, 0.15) is 19.3 Å². The Labute approximate surface area is 90.2 Å². The van der Waals surface area contributed by atoms with Gasteiger partial charge in [0.25, 0.3) is 0 Å². The number of nitrogens with zero attached hydrogens (tertiary/aromatic N) is 2. The van der Waals surface area contributed by atoms with Gasteiger partial charge in [0.15, 0.2) is 0 Å². The number of likely N-dealkylation sites (tertiary alicyclic amines) is 1. The highest BCUT2D eigenvalue weighted by Gasteiger charge is 2.33. The van der Waals surface area contributed by atoms with Crippen LogP contribution in [-0.2, 0) is 4.79 Å². The zero-order valence-electron chi connectivity index (χ0n) is 9.09. The van der Waals surface area contributed by atoms with Crippen LogP contribution in [0.2, 0.25) is 0 Å². The van der Waals surface area contributed by atoms with Gasteiger partial charge in [-0.3, -0.25) is 4.90 Å². The molecule has 2 aliphatic rings. The maximum absolute atomic E-state index is 10.4. The molecule has 2 saturated heterocycles. The van der Waals surface area contributed by atoms with Gasteiger partial charge in [0, 0.05) is 37.4 Å². The monoisotopic (exact) mass is 210 g/mol. The number of hydrogen-bond acceptors (Lipinski definition) is 3. The summed E-state index contributed by atoms with van der Waals surface area (Å²) in [4.78, 5) is 15.0. The van der Waals surface area contributed by atoms with Gasteiger partial charge < -0.3 is 10.0 Å². The SMILES string of the molecule is CN1C2CCC1CN(C=CC(=O)O)CC2.